The fourth-order valence-corrected chi connectivity index (χ4v) is 4.91. The first-order valence-corrected chi connectivity index (χ1v) is 9.31. The first kappa shape index (κ1) is 16.3. The van der Waals surface area contributed by atoms with E-state index in [0.29, 0.717) is 17.9 Å². The number of ether oxygens (including phenoxy) is 1. The Balaban J connectivity index is 1.49. The van der Waals surface area contributed by atoms with Crippen LogP contribution in [0.25, 0.3) is 11.0 Å². The number of thioether (sulfide) groups is 1. The molecule has 0 N–H and O–H groups in total. The maximum atomic E-state index is 12.5. The molecule has 130 valence electrons. The number of esters is 1. The van der Waals surface area contributed by atoms with Gasteiger partial charge in [0.2, 0.25) is 5.91 Å². The zero-order chi connectivity index (χ0) is 17.6. The number of fused-ring (bicyclic) bond motifs is 2. The molecule has 1 amide bonds. The zero-order valence-corrected chi connectivity index (χ0v) is 15.0. The largest absolute Gasteiger partial charge is 0.458 e. The molecule has 2 aromatic rings. The third-order valence-corrected chi connectivity index (χ3v) is 6.42. The van der Waals surface area contributed by atoms with E-state index >= 15 is 0 Å². The number of para-hydroxylation sites is 2. The van der Waals surface area contributed by atoms with Crippen LogP contribution in [-0.2, 0) is 20.9 Å². The van der Waals surface area contributed by atoms with Crippen LogP contribution in [0.4, 0.5) is 0 Å². The summed E-state index contributed by atoms with van der Waals surface area (Å²) >= 11 is 1.66. The summed E-state index contributed by atoms with van der Waals surface area (Å²) in [5.74, 6) is 0.265. The Labute approximate surface area is 150 Å². The lowest BCUT2D eigenvalue weighted by atomic mass is 10.2. The summed E-state index contributed by atoms with van der Waals surface area (Å²) in [6.07, 6.45) is 1.29. The standard InChI is InChI=1S/C18H19N3O3S/c1-11-14(20-13-6-4-3-5-12(13)19-11)9-24-17(23)15-10-25-18(2)8-7-16(22)21(15)18/h3-6,15H,7-10H2,1-2H3/t15-,18-/m1/s1. The van der Waals surface area contributed by atoms with Crippen LogP contribution in [0.15, 0.2) is 24.3 Å². The van der Waals surface area contributed by atoms with E-state index in [-0.39, 0.29) is 23.4 Å². The van der Waals surface area contributed by atoms with Crippen molar-refractivity contribution in [2.75, 3.05) is 5.75 Å². The summed E-state index contributed by atoms with van der Waals surface area (Å²) < 4.78 is 5.49. The van der Waals surface area contributed by atoms with Crippen LogP contribution >= 0.6 is 11.8 Å². The van der Waals surface area contributed by atoms with Gasteiger partial charge < -0.3 is 9.64 Å². The lowest BCUT2D eigenvalue weighted by Crippen LogP contribution is -2.46. The molecule has 2 aliphatic rings. The number of nitrogens with zero attached hydrogens (tertiary/aromatic N) is 3. The molecule has 4 rings (SSSR count). The minimum Gasteiger partial charge on any atom is -0.458 e. The van der Waals surface area contributed by atoms with Crippen molar-refractivity contribution in [3.8, 4) is 0 Å². The van der Waals surface area contributed by atoms with E-state index < -0.39 is 6.04 Å². The van der Waals surface area contributed by atoms with Crippen LogP contribution in [0.5, 0.6) is 0 Å². The number of rotatable bonds is 3. The maximum absolute atomic E-state index is 12.5. The minimum atomic E-state index is -0.501. The molecule has 2 aliphatic heterocycles. The molecule has 2 fully saturated rings. The molecule has 2 saturated heterocycles. The minimum absolute atomic E-state index is 0.0381. The van der Waals surface area contributed by atoms with Gasteiger partial charge in [-0.05, 0) is 32.4 Å². The molecule has 2 atom stereocenters. The van der Waals surface area contributed by atoms with Gasteiger partial charge in [0.05, 0.1) is 27.3 Å². The molecule has 3 heterocycles. The van der Waals surface area contributed by atoms with Gasteiger partial charge in [-0.3, -0.25) is 4.79 Å². The number of aryl methyl sites for hydroxylation is 1. The molecule has 0 saturated carbocycles. The highest BCUT2D eigenvalue weighted by atomic mass is 32.2. The lowest BCUT2D eigenvalue weighted by Gasteiger charge is -2.29. The van der Waals surface area contributed by atoms with Gasteiger partial charge in [0, 0.05) is 12.2 Å². The van der Waals surface area contributed by atoms with Gasteiger partial charge in [-0.25, -0.2) is 14.8 Å². The Morgan fingerprint density at radius 1 is 1.36 bits per heavy atom. The van der Waals surface area contributed by atoms with Crippen LogP contribution in [0.1, 0.15) is 31.2 Å². The van der Waals surface area contributed by atoms with Gasteiger partial charge >= 0.3 is 5.97 Å². The van der Waals surface area contributed by atoms with Gasteiger partial charge in [-0.1, -0.05) is 12.1 Å². The Morgan fingerprint density at radius 3 is 2.84 bits per heavy atom. The normalized spacial score (nSPS) is 25.4. The summed E-state index contributed by atoms with van der Waals surface area (Å²) in [5.41, 5.74) is 2.99. The average Bonchev–Trinajstić information content (AvgIpc) is 3.09. The molecule has 25 heavy (non-hydrogen) atoms. The molecule has 0 aliphatic carbocycles. The Morgan fingerprint density at radius 2 is 2.08 bits per heavy atom. The summed E-state index contributed by atoms with van der Waals surface area (Å²) in [6, 6.07) is 7.10. The zero-order valence-electron chi connectivity index (χ0n) is 14.2. The number of amides is 1. The summed E-state index contributed by atoms with van der Waals surface area (Å²) in [7, 11) is 0. The summed E-state index contributed by atoms with van der Waals surface area (Å²) in [6.45, 7) is 3.95. The number of hydrogen-bond donors (Lipinski definition) is 0. The molecule has 0 unspecified atom stereocenters. The topological polar surface area (TPSA) is 72.4 Å². The van der Waals surface area contributed by atoms with E-state index in [4.69, 9.17) is 4.74 Å². The third-order valence-electron chi connectivity index (χ3n) is 4.91. The second-order valence-corrected chi connectivity index (χ2v) is 8.12. The van der Waals surface area contributed by atoms with E-state index in [9.17, 15) is 9.59 Å². The van der Waals surface area contributed by atoms with Crippen molar-refractivity contribution in [3.63, 3.8) is 0 Å². The fraction of sp³-hybridized carbons (Fsp3) is 0.444. The van der Waals surface area contributed by atoms with Crippen molar-refractivity contribution in [2.24, 2.45) is 0 Å². The van der Waals surface area contributed by atoms with Crippen molar-refractivity contribution in [2.45, 2.75) is 44.2 Å². The van der Waals surface area contributed by atoms with Gasteiger partial charge in [-0.2, -0.15) is 0 Å². The second-order valence-electron chi connectivity index (χ2n) is 6.62. The number of hydrogen-bond acceptors (Lipinski definition) is 6. The molecule has 1 aromatic heterocycles. The fourth-order valence-electron chi connectivity index (χ4n) is 3.49. The van der Waals surface area contributed by atoms with Crippen molar-refractivity contribution >= 4 is 34.7 Å². The van der Waals surface area contributed by atoms with E-state index in [2.05, 4.69) is 9.97 Å². The molecule has 0 radical (unpaired) electrons. The predicted octanol–water partition coefficient (Wildman–Crippen LogP) is 2.44. The van der Waals surface area contributed by atoms with Crippen molar-refractivity contribution < 1.29 is 14.3 Å². The van der Waals surface area contributed by atoms with Gasteiger partial charge in [-0.15, -0.1) is 11.8 Å². The Hall–Kier alpha value is -2.15. The van der Waals surface area contributed by atoms with E-state index in [1.165, 1.54) is 0 Å². The summed E-state index contributed by atoms with van der Waals surface area (Å²) in [5, 5.41) is 0. The number of benzene rings is 1. The SMILES string of the molecule is Cc1nc2ccccc2nc1COC(=O)[C@H]1CS[C@]2(C)CCC(=O)N12. The van der Waals surface area contributed by atoms with Crippen LogP contribution in [0, 0.1) is 6.92 Å². The first-order chi connectivity index (χ1) is 12.0. The van der Waals surface area contributed by atoms with Crippen LogP contribution in [0.3, 0.4) is 0 Å². The van der Waals surface area contributed by atoms with E-state index in [1.807, 2.05) is 38.1 Å². The first-order valence-electron chi connectivity index (χ1n) is 8.33. The number of carbonyl (C=O) groups excluding carboxylic acids is 2. The molecule has 7 heteroatoms. The Bertz CT molecular complexity index is 872. The van der Waals surface area contributed by atoms with E-state index in [1.54, 1.807) is 16.7 Å². The molecular weight excluding hydrogens is 338 g/mol. The Kier molecular flexibility index (Phi) is 3.91. The molecule has 0 bridgehead atoms. The molecule has 1 aromatic carbocycles. The van der Waals surface area contributed by atoms with Gasteiger partial charge in [0.15, 0.2) is 0 Å². The second kappa shape index (κ2) is 5.98. The average molecular weight is 357 g/mol. The molecule has 6 nitrogen and oxygen atoms in total. The highest BCUT2D eigenvalue weighted by molar-refractivity contribution is 8.01. The highest BCUT2D eigenvalue weighted by Gasteiger charge is 2.53. The van der Waals surface area contributed by atoms with Gasteiger partial charge in [0.25, 0.3) is 0 Å². The summed E-state index contributed by atoms with van der Waals surface area (Å²) in [4.78, 5) is 35.2. The lowest BCUT2D eigenvalue weighted by molar-refractivity contribution is -0.154. The highest BCUT2D eigenvalue weighted by Crippen LogP contribution is 2.47. The maximum Gasteiger partial charge on any atom is 0.330 e. The smallest absolute Gasteiger partial charge is 0.330 e. The van der Waals surface area contributed by atoms with Crippen molar-refractivity contribution in [1.29, 1.82) is 0 Å². The van der Waals surface area contributed by atoms with Crippen LogP contribution in [0.2, 0.25) is 0 Å². The van der Waals surface area contributed by atoms with Crippen LogP contribution in [-0.4, -0.2) is 43.4 Å². The van der Waals surface area contributed by atoms with Crippen molar-refractivity contribution in [1.82, 2.24) is 14.9 Å². The van der Waals surface area contributed by atoms with Gasteiger partial charge in [0.1, 0.15) is 12.6 Å². The monoisotopic (exact) mass is 357 g/mol. The van der Waals surface area contributed by atoms with E-state index in [0.717, 1.165) is 23.1 Å². The quantitative estimate of drug-likeness (QED) is 0.786. The third kappa shape index (κ3) is 2.76. The number of carbonyl (C=O) groups is 2. The molecule has 0 spiro atoms. The van der Waals surface area contributed by atoms with Crippen molar-refractivity contribution in [3.05, 3.63) is 35.7 Å². The molecular formula is C18H19N3O3S. The van der Waals surface area contributed by atoms with Crippen LogP contribution < -0.4 is 0 Å². The number of aromatic nitrogens is 2. The predicted molar refractivity (Wildman–Crippen MR) is 94.8 cm³/mol.